The van der Waals surface area contributed by atoms with Gasteiger partial charge in [-0.1, -0.05) is 11.6 Å². The zero-order chi connectivity index (χ0) is 23.4. The van der Waals surface area contributed by atoms with Gasteiger partial charge in [0.1, 0.15) is 29.6 Å². The van der Waals surface area contributed by atoms with E-state index >= 15 is 0 Å². The van der Waals surface area contributed by atoms with Crippen molar-refractivity contribution < 1.29 is 23.5 Å². The summed E-state index contributed by atoms with van der Waals surface area (Å²) < 4.78 is 16.7. The predicted molar refractivity (Wildman–Crippen MR) is 129 cm³/mol. The van der Waals surface area contributed by atoms with Gasteiger partial charge >= 0.3 is 0 Å². The number of anilines is 1. The first-order valence-corrected chi connectivity index (χ1v) is 10.6. The van der Waals surface area contributed by atoms with Gasteiger partial charge in [0.2, 0.25) is 0 Å². The zero-order valence-corrected chi connectivity index (χ0v) is 19.0. The third-order valence-electron chi connectivity index (χ3n) is 4.73. The summed E-state index contributed by atoms with van der Waals surface area (Å²) in [6.45, 7) is -0.205. The van der Waals surface area contributed by atoms with Crippen molar-refractivity contribution in [2.75, 3.05) is 12.4 Å². The number of aliphatic hydroxyl groups is 1. The fraction of sp³-hybridized carbons (Fsp3) is 0.0833. The molecule has 0 unspecified atom stereocenters. The molecule has 33 heavy (non-hydrogen) atoms. The van der Waals surface area contributed by atoms with Crippen LogP contribution in [0.5, 0.6) is 5.75 Å². The van der Waals surface area contributed by atoms with Gasteiger partial charge in [-0.15, -0.1) is 0 Å². The molecule has 7 nitrogen and oxygen atoms in total. The minimum atomic E-state index is -0.486. The van der Waals surface area contributed by atoms with Crippen LogP contribution in [0.15, 0.2) is 75.6 Å². The first-order valence-electron chi connectivity index (χ1n) is 9.83. The van der Waals surface area contributed by atoms with Gasteiger partial charge in [-0.2, -0.15) is 0 Å². The number of thiocarbonyl (C=S) groups is 1. The van der Waals surface area contributed by atoms with Gasteiger partial charge in [0.15, 0.2) is 10.9 Å². The van der Waals surface area contributed by atoms with Crippen LogP contribution in [0.4, 0.5) is 5.69 Å². The third-order valence-corrected chi connectivity index (χ3v) is 5.18. The maximum atomic E-state index is 12.6. The van der Waals surface area contributed by atoms with E-state index in [1.165, 1.54) is 0 Å². The third kappa shape index (κ3) is 5.25. The number of amides is 1. The number of furan rings is 2. The lowest BCUT2D eigenvalue weighted by molar-refractivity contribution is 0.0951. The normalized spacial score (nSPS) is 10.6. The lowest BCUT2D eigenvalue weighted by Gasteiger charge is -2.12. The van der Waals surface area contributed by atoms with Crippen LogP contribution in [0.1, 0.15) is 16.3 Å². The molecule has 0 saturated carbocycles. The highest BCUT2D eigenvalue weighted by atomic mass is 35.5. The smallest absolute Gasteiger partial charge is 0.293 e. The van der Waals surface area contributed by atoms with E-state index in [1.807, 2.05) is 0 Å². The number of methoxy groups -OCH3 is 1. The SMILES string of the molecule is COc1ccc(NC(=S)NC(=O)c2ccc(-c3ccc(Cl)cc3)o2)cc1-c1ccc(CO)o1. The molecular formula is C24H19ClN2O5S. The minimum absolute atomic E-state index is 0.0936. The number of rotatable bonds is 6. The zero-order valence-electron chi connectivity index (χ0n) is 17.4. The number of hydrogen-bond donors (Lipinski definition) is 3. The van der Waals surface area contributed by atoms with E-state index in [-0.39, 0.29) is 17.5 Å². The van der Waals surface area contributed by atoms with Crippen LogP contribution in [-0.4, -0.2) is 23.2 Å². The number of nitrogens with one attached hydrogen (secondary N) is 2. The second kappa shape index (κ2) is 9.91. The van der Waals surface area contributed by atoms with Gasteiger partial charge in [0, 0.05) is 16.3 Å². The van der Waals surface area contributed by atoms with E-state index in [0.29, 0.717) is 39.3 Å². The van der Waals surface area contributed by atoms with Gasteiger partial charge < -0.3 is 24.0 Å². The maximum Gasteiger partial charge on any atom is 0.293 e. The second-order valence-corrected chi connectivity index (χ2v) is 7.76. The average Bonchev–Trinajstić information content (AvgIpc) is 3.49. The van der Waals surface area contributed by atoms with Crippen LogP contribution in [-0.2, 0) is 6.61 Å². The second-order valence-electron chi connectivity index (χ2n) is 6.92. The Balaban J connectivity index is 1.45. The van der Waals surface area contributed by atoms with Gasteiger partial charge in [0.05, 0.1) is 12.7 Å². The highest BCUT2D eigenvalue weighted by Crippen LogP contribution is 2.34. The van der Waals surface area contributed by atoms with Crippen molar-refractivity contribution in [3.05, 3.63) is 83.3 Å². The Morgan fingerprint density at radius 3 is 2.48 bits per heavy atom. The number of carbonyl (C=O) groups excluding carboxylic acids is 1. The van der Waals surface area contributed by atoms with E-state index < -0.39 is 5.91 Å². The highest BCUT2D eigenvalue weighted by Gasteiger charge is 2.15. The molecule has 3 N–H and O–H groups in total. The van der Waals surface area contributed by atoms with Crippen molar-refractivity contribution in [3.8, 4) is 28.4 Å². The summed E-state index contributed by atoms with van der Waals surface area (Å²) in [7, 11) is 1.55. The molecule has 0 aliphatic heterocycles. The standard InChI is InChI=1S/C24H19ClN2O5S/c1-30-20-8-6-16(12-18(20)21-9-7-17(13-28)31-21)26-24(33)27-23(29)22-11-10-19(32-22)14-2-4-15(25)5-3-14/h2-12,28H,13H2,1H3,(H2,26,27,29,33). The molecule has 0 bridgehead atoms. The Kier molecular flexibility index (Phi) is 6.79. The van der Waals surface area contributed by atoms with Crippen LogP contribution < -0.4 is 15.4 Å². The number of ether oxygens (including phenoxy) is 1. The van der Waals surface area contributed by atoms with Gasteiger partial charge in [-0.25, -0.2) is 0 Å². The Morgan fingerprint density at radius 1 is 1.03 bits per heavy atom. The predicted octanol–water partition coefficient (Wildman–Crippen LogP) is 5.49. The lowest BCUT2D eigenvalue weighted by Crippen LogP contribution is -2.33. The summed E-state index contributed by atoms with van der Waals surface area (Å²) in [4.78, 5) is 12.6. The summed E-state index contributed by atoms with van der Waals surface area (Å²) in [5.41, 5.74) is 2.07. The maximum absolute atomic E-state index is 12.6. The summed E-state index contributed by atoms with van der Waals surface area (Å²) in [5.74, 6) is 1.71. The van der Waals surface area contributed by atoms with Crippen molar-refractivity contribution in [1.82, 2.24) is 5.32 Å². The van der Waals surface area contributed by atoms with Gasteiger partial charge in [-0.3, -0.25) is 10.1 Å². The summed E-state index contributed by atoms with van der Waals surface area (Å²) >= 11 is 11.2. The van der Waals surface area contributed by atoms with Crippen LogP contribution in [0.2, 0.25) is 5.02 Å². The van der Waals surface area contributed by atoms with Crippen molar-refractivity contribution in [2.45, 2.75) is 6.61 Å². The Labute approximate surface area is 199 Å². The van der Waals surface area contributed by atoms with E-state index in [2.05, 4.69) is 10.6 Å². The minimum Gasteiger partial charge on any atom is -0.496 e. The monoisotopic (exact) mass is 482 g/mol. The van der Waals surface area contributed by atoms with Crippen molar-refractivity contribution >= 4 is 40.5 Å². The van der Waals surface area contributed by atoms with Gasteiger partial charge in [0.25, 0.3) is 5.91 Å². The molecule has 4 aromatic rings. The largest absolute Gasteiger partial charge is 0.496 e. The number of hydrogen-bond acceptors (Lipinski definition) is 6. The quantitative estimate of drug-likeness (QED) is 0.313. The molecule has 0 radical (unpaired) electrons. The van der Waals surface area contributed by atoms with Crippen LogP contribution in [0.3, 0.4) is 0 Å². The summed E-state index contributed by atoms with van der Waals surface area (Å²) in [5, 5.41) is 15.5. The molecule has 2 aromatic carbocycles. The molecule has 4 rings (SSSR count). The number of carbonyl (C=O) groups is 1. The lowest BCUT2D eigenvalue weighted by atomic mass is 10.1. The van der Waals surface area contributed by atoms with E-state index in [4.69, 9.17) is 37.4 Å². The van der Waals surface area contributed by atoms with E-state index in [9.17, 15) is 9.90 Å². The number of halogens is 1. The summed E-state index contributed by atoms with van der Waals surface area (Å²) in [6.07, 6.45) is 0. The van der Waals surface area contributed by atoms with E-state index in [0.717, 1.165) is 5.56 Å². The average molecular weight is 483 g/mol. The van der Waals surface area contributed by atoms with Crippen molar-refractivity contribution in [1.29, 1.82) is 0 Å². The molecule has 0 aliphatic rings. The van der Waals surface area contributed by atoms with Crippen molar-refractivity contribution in [2.24, 2.45) is 0 Å². The first-order chi connectivity index (χ1) is 16.0. The van der Waals surface area contributed by atoms with Crippen LogP contribution >= 0.6 is 23.8 Å². The molecule has 2 aromatic heterocycles. The fourth-order valence-electron chi connectivity index (χ4n) is 3.14. The summed E-state index contributed by atoms with van der Waals surface area (Å²) in [6, 6.07) is 19.1. The van der Waals surface area contributed by atoms with Crippen LogP contribution in [0.25, 0.3) is 22.6 Å². The Morgan fingerprint density at radius 2 is 1.79 bits per heavy atom. The molecule has 0 spiro atoms. The fourth-order valence-corrected chi connectivity index (χ4v) is 3.48. The molecule has 0 atom stereocenters. The molecule has 2 heterocycles. The molecule has 0 saturated heterocycles. The van der Waals surface area contributed by atoms with E-state index in [1.54, 1.807) is 73.8 Å². The Bertz CT molecular complexity index is 1300. The topological polar surface area (TPSA) is 96.9 Å². The molecule has 168 valence electrons. The van der Waals surface area contributed by atoms with Crippen molar-refractivity contribution in [3.63, 3.8) is 0 Å². The molecule has 9 heteroatoms. The molecule has 0 fully saturated rings. The van der Waals surface area contributed by atoms with Crippen LogP contribution in [0, 0.1) is 0 Å². The van der Waals surface area contributed by atoms with Gasteiger partial charge in [-0.05, 0) is 78.9 Å². The number of benzene rings is 2. The molecule has 0 aliphatic carbocycles. The Hall–Kier alpha value is -3.59. The highest BCUT2D eigenvalue weighted by molar-refractivity contribution is 7.80. The molecular weight excluding hydrogens is 464 g/mol. The molecule has 1 amide bonds. The first kappa shape index (κ1) is 22.6. The number of aliphatic hydroxyl groups excluding tert-OH is 1.